The molecule has 2 amide bonds. The number of sulfonamides is 1. The first-order valence-electron chi connectivity index (χ1n) is 14.6. The number of halogens is 1. The van der Waals surface area contributed by atoms with Crippen molar-refractivity contribution in [2.24, 2.45) is 0 Å². The number of nitrogens with one attached hydrogen (secondary N) is 1. The Morgan fingerprint density at radius 3 is 2.05 bits per heavy atom. The van der Waals surface area contributed by atoms with Crippen LogP contribution in [0.2, 0.25) is 5.02 Å². The zero-order valence-corrected chi connectivity index (χ0v) is 26.8. The Balaban J connectivity index is 1.80. The maximum absolute atomic E-state index is 14.5. The molecule has 9 heteroatoms. The van der Waals surface area contributed by atoms with Gasteiger partial charge >= 0.3 is 0 Å². The van der Waals surface area contributed by atoms with Crippen molar-refractivity contribution in [1.29, 1.82) is 0 Å². The van der Waals surface area contributed by atoms with E-state index in [0.29, 0.717) is 22.7 Å². The molecule has 7 nitrogen and oxygen atoms in total. The normalized spacial score (nSPS) is 12.6. The van der Waals surface area contributed by atoms with E-state index in [9.17, 15) is 18.0 Å². The topological polar surface area (TPSA) is 86.8 Å². The van der Waals surface area contributed by atoms with Gasteiger partial charge in [0.2, 0.25) is 11.8 Å². The number of para-hydroxylation sites is 1. The molecule has 0 spiro atoms. The van der Waals surface area contributed by atoms with Crippen molar-refractivity contribution in [3.8, 4) is 0 Å². The fraction of sp³-hybridized carbons (Fsp3) is 0.257. The first-order chi connectivity index (χ1) is 21.1. The second-order valence-corrected chi connectivity index (χ2v) is 13.1. The van der Waals surface area contributed by atoms with Crippen LogP contribution in [0, 0.1) is 6.92 Å². The van der Waals surface area contributed by atoms with E-state index >= 15 is 0 Å². The second kappa shape index (κ2) is 15.0. The van der Waals surface area contributed by atoms with Crippen LogP contribution < -0.4 is 9.62 Å². The van der Waals surface area contributed by atoms with E-state index in [1.54, 1.807) is 60.7 Å². The summed E-state index contributed by atoms with van der Waals surface area (Å²) < 4.78 is 29.2. The fourth-order valence-corrected chi connectivity index (χ4v) is 6.38. The number of rotatable bonds is 13. The lowest BCUT2D eigenvalue weighted by atomic mass is 10.0. The van der Waals surface area contributed by atoms with Crippen LogP contribution in [0.3, 0.4) is 0 Å². The highest BCUT2D eigenvalue weighted by atomic mass is 35.5. The molecule has 0 bridgehead atoms. The van der Waals surface area contributed by atoms with E-state index in [1.807, 2.05) is 57.2 Å². The first-order valence-corrected chi connectivity index (χ1v) is 16.4. The number of nitrogens with zero attached hydrogens (tertiary/aromatic N) is 2. The zero-order valence-electron chi connectivity index (χ0n) is 25.2. The van der Waals surface area contributed by atoms with Gasteiger partial charge in [-0.25, -0.2) is 8.42 Å². The Labute approximate surface area is 265 Å². The molecular formula is C35H38ClN3O4S. The molecule has 0 saturated heterocycles. The van der Waals surface area contributed by atoms with E-state index < -0.39 is 28.5 Å². The van der Waals surface area contributed by atoms with Crippen LogP contribution in [0.5, 0.6) is 0 Å². The molecule has 44 heavy (non-hydrogen) atoms. The van der Waals surface area contributed by atoms with Crippen LogP contribution >= 0.6 is 11.6 Å². The van der Waals surface area contributed by atoms with Gasteiger partial charge in [-0.1, -0.05) is 103 Å². The van der Waals surface area contributed by atoms with Gasteiger partial charge in [0.05, 0.1) is 10.6 Å². The lowest BCUT2D eigenvalue weighted by Gasteiger charge is -2.34. The van der Waals surface area contributed by atoms with Crippen molar-refractivity contribution in [2.75, 3.05) is 10.8 Å². The van der Waals surface area contributed by atoms with E-state index in [0.717, 1.165) is 15.4 Å². The predicted molar refractivity (Wildman–Crippen MR) is 176 cm³/mol. The fourth-order valence-electron chi connectivity index (χ4n) is 4.77. The molecule has 0 aliphatic carbocycles. The lowest BCUT2D eigenvalue weighted by molar-refractivity contribution is -0.140. The SMILES string of the molecule is CC[C@@H](C)NC(=O)[C@H](Cc1ccccc1)N(Cc1ccccc1Cl)C(=O)CN(c1ccccc1)S(=O)(=O)c1ccc(C)cc1. The van der Waals surface area contributed by atoms with Gasteiger partial charge in [-0.15, -0.1) is 0 Å². The van der Waals surface area contributed by atoms with E-state index in [4.69, 9.17) is 11.6 Å². The number of aryl methyl sites for hydroxylation is 1. The smallest absolute Gasteiger partial charge is 0.264 e. The molecule has 0 aliphatic heterocycles. The largest absolute Gasteiger partial charge is 0.352 e. The average molecular weight is 632 g/mol. The van der Waals surface area contributed by atoms with Crippen LogP contribution in [-0.2, 0) is 32.6 Å². The summed E-state index contributed by atoms with van der Waals surface area (Å²) in [6.07, 6.45) is 0.939. The Hall–Kier alpha value is -4.14. The summed E-state index contributed by atoms with van der Waals surface area (Å²) in [4.78, 5) is 29.9. The van der Waals surface area contributed by atoms with E-state index in [2.05, 4.69) is 5.32 Å². The average Bonchev–Trinajstić information content (AvgIpc) is 3.03. The maximum atomic E-state index is 14.5. The number of carbonyl (C=O) groups excluding carboxylic acids is 2. The van der Waals surface area contributed by atoms with Crippen LogP contribution in [-0.4, -0.2) is 43.8 Å². The van der Waals surface area contributed by atoms with Gasteiger partial charge in [-0.05, 0) is 61.7 Å². The van der Waals surface area contributed by atoms with Gasteiger partial charge in [-0.2, -0.15) is 0 Å². The van der Waals surface area contributed by atoms with Crippen molar-refractivity contribution in [2.45, 2.75) is 57.1 Å². The molecule has 4 aromatic carbocycles. The molecule has 0 heterocycles. The highest BCUT2D eigenvalue weighted by molar-refractivity contribution is 7.92. The second-order valence-electron chi connectivity index (χ2n) is 10.8. The van der Waals surface area contributed by atoms with Crippen LogP contribution in [0.25, 0.3) is 0 Å². The first kappa shape index (κ1) is 32.8. The molecular weight excluding hydrogens is 594 g/mol. The highest BCUT2D eigenvalue weighted by Crippen LogP contribution is 2.26. The van der Waals surface area contributed by atoms with E-state index in [1.165, 1.54) is 17.0 Å². The Morgan fingerprint density at radius 1 is 0.841 bits per heavy atom. The maximum Gasteiger partial charge on any atom is 0.264 e. The standard InChI is InChI=1S/C35H38ClN3O4S/c1-4-27(3)37-35(41)33(23-28-13-7-5-8-14-28)38(24-29-15-11-12-18-32(29)36)34(40)25-39(30-16-9-6-10-17-30)44(42,43)31-21-19-26(2)20-22-31/h5-22,27,33H,4,23-25H2,1-3H3,(H,37,41)/t27-,33+/m1/s1. The predicted octanol–water partition coefficient (Wildman–Crippen LogP) is 6.40. The summed E-state index contributed by atoms with van der Waals surface area (Å²) in [5.74, 6) is -0.860. The Bertz CT molecular complexity index is 1650. The van der Waals surface area contributed by atoms with Gasteiger partial charge in [0, 0.05) is 24.0 Å². The summed E-state index contributed by atoms with van der Waals surface area (Å²) in [6, 6.07) is 30.5. The van der Waals surface area contributed by atoms with Crippen molar-refractivity contribution in [1.82, 2.24) is 10.2 Å². The third-order valence-electron chi connectivity index (χ3n) is 7.50. The molecule has 0 fully saturated rings. The molecule has 4 rings (SSSR count). The van der Waals surface area contributed by atoms with Gasteiger partial charge in [0.15, 0.2) is 0 Å². The number of benzene rings is 4. The summed E-state index contributed by atoms with van der Waals surface area (Å²) in [5, 5.41) is 3.48. The number of anilines is 1. The third-order valence-corrected chi connectivity index (χ3v) is 9.66. The third kappa shape index (κ3) is 8.27. The van der Waals surface area contributed by atoms with Crippen LogP contribution in [0.4, 0.5) is 5.69 Å². The van der Waals surface area contributed by atoms with Crippen molar-refractivity contribution < 1.29 is 18.0 Å². The lowest BCUT2D eigenvalue weighted by Crippen LogP contribution is -2.54. The summed E-state index contributed by atoms with van der Waals surface area (Å²) in [6.45, 7) is 5.24. The van der Waals surface area contributed by atoms with Gasteiger partial charge in [0.1, 0.15) is 12.6 Å². The Morgan fingerprint density at radius 2 is 1.43 bits per heavy atom. The summed E-state index contributed by atoms with van der Waals surface area (Å²) in [5.41, 5.74) is 2.75. The number of carbonyl (C=O) groups is 2. The minimum absolute atomic E-state index is 0.0111. The molecule has 4 aromatic rings. The molecule has 2 atom stereocenters. The van der Waals surface area contributed by atoms with Crippen molar-refractivity contribution in [3.05, 3.63) is 131 Å². The molecule has 230 valence electrons. The molecule has 1 N–H and O–H groups in total. The number of hydrogen-bond acceptors (Lipinski definition) is 4. The number of amides is 2. The molecule has 0 aromatic heterocycles. The zero-order chi connectivity index (χ0) is 31.7. The minimum atomic E-state index is -4.15. The highest BCUT2D eigenvalue weighted by Gasteiger charge is 2.35. The molecule has 0 aliphatic rings. The quantitative estimate of drug-likeness (QED) is 0.185. The monoisotopic (exact) mass is 631 g/mol. The molecule has 0 radical (unpaired) electrons. The Kier molecular flexibility index (Phi) is 11.2. The summed E-state index contributed by atoms with van der Waals surface area (Å²) in [7, 11) is -4.15. The van der Waals surface area contributed by atoms with Crippen molar-refractivity contribution in [3.63, 3.8) is 0 Å². The van der Waals surface area contributed by atoms with E-state index in [-0.39, 0.29) is 29.8 Å². The van der Waals surface area contributed by atoms with Gasteiger partial charge in [-0.3, -0.25) is 13.9 Å². The molecule has 0 saturated carbocycles. The summed E-state index contributed by atoms with van der Waals surface area (Å²) >= 11 is 6.55. The minimum Gasteiger partial charge on any atom is -0.352 e. The number of hydrogen-bond donors (Lipinski definition) is 1. The van der Waals surface area contributed by atoms with Crippen LogP contribution in [0.15, 0.2) is 114 Å². The van der Waals surface area contributed by atoms with Crippen molar-refractivity contribution >= 4 is 39.1 Å². The van der Waals surface area contributed by atoms with Gasteiger partial charge < -0.3 is 10.2 Å². The van der Waals surface area contributed by atoms with Crippen LogP contribution in [0.1, 0.15) is 37.0 Å². The molecule has 0 unspecified atom stereocenters. The van der Waals surface area contributed by atoms with Gasteiger partial charge in [0.25, 0.3) is 10.0 Å².